The molecule has 82 valence electrons. The first-order valence-electron chi connectivity index (χ1n) is 4.04. The van der Waals surface area contributed by atoms with Gasteiger partial charge in [-0.25, -0.2) is 8.78 Å². The number of amides is 1. The van der Waals surface area contributed by atoms with Gasteiger partial charge in [0.05, 0.1) is 0 Å². The summed E-state index contributed by atoms with van der Waals surface area (Å²) in [7, 11) is 0. The third-order valence-electron chi connectivity index (χ3n) is 1.87. The van der Waals surface area contributed by atoms with E-state index >= 15 is 0 Å². The zero-order valence-corrected chi connectivity index (χ0v) is 7.52. The third-order valence-corrected chi connectivity index (χ3v) is 1.87. The third kappa shape index (κ3) is 2.48. The fourth-order valence-corrected chi connectivity index (χ4v) is 1.07. The van der Waals surface area contributed by atoms with E-state index in [0.29, 0.717) is 6.07 Å². The van der Waals surface area contributed by atoms with Crippen LogP contribution in [0.5, 0.6) is 0 Å². The van der Waals surface area contributed by atoms with Crippen LogP contribution >= 0.6 is 0 Å². The number of nitrogens with two attached hydrogens (primary N) is 1. The van der Waals surface area contributed by atoms with Crippen LogP contribution in [0.2, 0.25) is 0 Å². The Morgan fingerprint density at radius 3 is 2.47 bits per heavy atom. The molecule has 2 atom stereocenters. The van der Waals surface area contributed by atoms with Gasteiger partial charge in [0.15, 0.2) is 6.10 Å². The van der Waals surface area contributed by atoms with Gasteiger partial charge in [0, 0.05) is 5.56 Å². The summed E-state index contributed by atoms with van der Waals surface area (Å²) in [5.74, 6) is -2.93. The molecule has 0 aromatic heterocycles. The zero-order chi connectivity index (χ0) is 11.6. The number of hydrogen-bond donors (Lipinski definition) is 3. The SMILES string of the molecule is NC(=O)C(O)C(O)c1cc(F)ccc1F. The molecule has 6 heteroatoms. The van der Waals surface area contributed by atoms with Crippen LogP contribution in [0.25, 0.3) is 0 Å². The van der Waals surface area contributed by atoms with Crippen molar-refractivity contribution in [3.8, 4) is 0 Å². The van der Waals surface area contributed by atoms with Crippen LogP contribution in [0, 0.1) is 11.6 Å². The molecule has 1 aromatic rings. The number of carbonyl (C=O) groups excluding carboxylic acids is 1. The van der Waals surface area contributed by atoms with E-state index in [4.69, 9.17) is 10.8 Å². The number of aliphatic hydroxyl groups excluding tert-OH is 2. The van der Waals surface area contributed by atoms with Crippen LogP contribution in [0.15, 0.2) is 18.2 Å². The summed E-state index contributed by atoms with van der Waals surface area (Å²) < 4.78 is 25.8. The van der Waals surface area contributed by atoms with Crippen LogP contribution in [-0.4, -0.2) is 22.2 Å². The Morgan fingerprint density at radius 2 is 1.93 bits per heavy atom. The quantitative estimate of drug-likeness (QED) is 0.658. The minimum absolute atomic E-state index is 0.513. The average Bonchev–Trinajstić information content (AvgIpc) is 2.19. The smallest absolute Gasteiger partial charge is 0.249 e. The minimum Gasteiger partial charge on any atom is -0.385 e. The first-order chi connectivity index (χ1) is 6.93. The van der Waals surface area contributed by atoms with E-state index in [0.717, 1.165) is 12.1 Å². The van der Waals surface area contributed by atoms with E-state index in [-0.39, 0.29) is 0 Å². The normalized spacial score (nSPS) is 14.7. The number of hydrogen-bond acceptors (Lipinski definition) is 3. The molecule has 4 N–H and O–H groups in total. The predicted octanol–water partition coefficient (Wildman–Crippen LogP) is -0.156. The minimum atomic E-state index is -1.97. The van der Waals surface area contributed by atoms with Gasteiger partial charge in [0.25, 0.3) is 0 Å². The Hall–Kier alpha value is -1.53. The molecule has 0 bridgehead atoms. The largest absolute Gasteiger partial charge is 0.385 e. The highest BCUT2D eigenvalue weighted by molar-refractivity contribution is 5.79. The second-order valence-electron chi connectivity index (χ2n) is 2.96. The molecule has 2 unspecified atom stereocenters. The van der Waals surface area contributed by atoms with Crippen LogP contribution in [0.1, 0.15) is 11.7 Å². The van der Waals surface area contributed by atoms with Crippen molar-refractivity contribution in [3.05, 3.63) is 35.4 Å². The standard InChI is InChI=1S/C9H9F2NO3/c10-4-1-2-6(11)5(3-4)7(13)8(14)9(12)15/h1-3,7-8,13-14H,(H2,12,15). The monoisotopic (exact) mass is 217 g/mol. The van der Waals surface area contributed by atoms with Gasteiger partial charge in [-0.05, 0) is 18.2 Å². The van der Waals surface area contributed by atoms with Crippen molar-refractivity contribution in [3.63, 3.8) is 0 Å². The van der Waals surface area contributed by atoms with E-state index in [1.807, 2.05) is 0 Å². The van der Waals surface area contributed by atoms with E-state index in [2.05, 4.69) is 0 Å². The number of halogens is 2. The van der Waals surface area contributed by atoms with Gasteiger partial charge < -0.3 is 15.9 Å². The molecule has 1 aromatic carbocycles. The Kier molecular flexibility index (Phi) is 3.33. The zero-order valence-electron chi connectivity index (χ0n) is 7.52. The Labute approximate surface area is 83.9 Å². The lowest BCUT2D eigenvalue weighted by molar-refractivity contribution is -0.132. The van der Waals surface area contributed by atoms with Gasteiger partial charge in [-0.15, -0.1) is 0 Å². The summed E-state index contributed by atoms with van der Waals surface area (Å²) in [4.78, 5) is 10.5. The molecule has 15 heavy (non-hydrogen) atoms. The summed E-state index contributed by atoms with van der Waals surface area (Å²) in [6.45, 7) is 0. The highest BCUT2D eigenvalue weighted by Gasteiger charge is 2.26. The molecule has 0 aliphatic rings. The molecule has 0 aliphatic heterocycles. The summed E-state index contributed by atoms with van der Waals surface area (Å²) in [6.07, 6.45) is -3.85. The van der Waals surface area contributed by atoms with Gasteiger partial charge in [-0.2, -0.15) is 0 Å². The highest BCUT2D eigenvalue weighted by atomic mass is 19.1. The van der Waals surface area contributed by atoms with E-state index in [1.54, 1.807) is 0 Å². The molecule has 0 radical (unpaired) electrons. The Bertz CT molecular complexity index is 384. The first-order valence-corrected chi connectivity index (χ1v) is 4.04. The summed E-state index contributed by atoms with van der Waals surface area (Å²) in [5, 5.41) is 18.4. The van der Waals surface area contributed by atoms with E-state index in [1.165, 1.54) is 0 Å². The van der Waals surface area contributed by atoms with Gasteiger partial charge >= 0.3 is 0 Å². The van der Waals surface area contributed by atoms with Crippen molar-refractivity contribution in [1.29, 1.82) is 0 Å². The van der Waals surface area contributed by atoms with Crippen molar-refractivity contribution >= 4 is 5.91 Å². The maximum Gasteiger partial charge on any atom is 0.249 e. The van der Waals surface area contributed by atoms with E-state index in [9.17, 15) is 18.7 Å². The molecular weight excluding hydrogens is 208 g/mol. The van der Waals surface area contributed by atoms with Crippen molar-refractivity contribution in [1.82, 2.24) is 0 Å². The number of benzene rings is 1. The van der Waals surface area contributed by atoms with Gasteiger partial charge in [0.2, 0.25) is 5.91 Å². The molecule has 0 saturated heterocycles. The Balaban J connectivity index is 3.04. The van der Waals surface area contributed by atoms with Crippen LogP contribution in [0.4, 0.5) is 8.78 Å². The van der Waals surface area contributed by atoms with Crippen molar-refractivity contribution in [2.24, 2.45) is 5.73 Å². The highest BCUT2D eigenvalue weighted by Crippen LogP contribution is 2.21. The lowest BCUT2D eigenvalue weighted by Crippen LogP contribution is -2.34. The van der Waals surface area contributed by atoms with Gasteiger partial charge in [-0.1, -0.05) is 0 Å². The van der Waals surface area contributed by atoms with Gasteiger partial charge in [0.1, 0.15) is 17.7 Å². The molecule has 0 fully saturated rings. The maximum absolute atomic E-state index is 13.1. The Morgan fingerprint density at radius 1 is 1.33 bits per heavy atom. The molecule has 4 nitrogen and oxygen atoms in total. The predicted molar refractivity (Wildman–Crippen MR) is 46.5 cm³/mol. The molecular formula is C9H9F2NO3. The summed E-state index contributed by atoms with van der Waals surface area (Å²) in [6, 6.07) is 2.32. The second kappa shape index (κ2) is 4.33. The average molecular weight is 217 g/mol. The topological polar surface area (TPSA) is 83.6 Å². The van der Waals surface area contributed by atoms with Crippen LogP contribution in [0.3, 0.4) is 0 Å². The fraction of sp³-hybridized carbons (Fsp3) is 0.222. The van der Waals surface area contributed by atoms with Crippen LogP contribution in [-0.2, 0) is 4.79 Å². The van der Waals surface area contributed by atoms with Crippen molar-refractivity contribution < 1.29 is 23.8 Å². The molecule has 0 heterocycles. The summed E-state index contributed by atoms with van der Waals surface area (Å²) in [5.41, 5.74) is 4.18. The maximum atomic E-state index is 13.1. The lowest BCUT2D eigenvalue weighted by atomic mass is 10.0. The second-order valence-corrected chi connectivity index (χ2v) is 2.96. The van der Waals surface area contributed by atoms with Crippen LogP contribution < -0.4 is 5.73 Å². The molecule has 0 saturated carbocycles. The van der Waals surface area contributed by atoms with E-state index < -0.39 is 35.3 Å². The van der Waals surface area contributed by atoms with Crippen molar-refractivity contribution in [2.75, 3.05) is 0 Å². The fourth-order valence-electron chi connectivity index (χ4n) is 1.07. The molecule has 1 rings (SSSR count). The summed E-state index contributed by atoms with van der Waals surface area (Å²) >= 11 is 0. The van der Waals surface area contributed by atoms with Gasteiger partial charge in [-0.3, -0.25) is 4.79 Å². The molecule has 0 spiro atoms. The number of carbonyl (C=O) groups is 1. The molecule has 1 amide bonds. The molecule has 0 aliphatic carbocycles. The lowest BCUT2D eigenvalue weighted by Gasteiger charge is -2.15. The van der Waals surface area contributed by atoms with Crippen molar-refractivity contribution in [2.45, 2.75) is 12.2 Å². The number of primary amides is 1. The number of rotatable bonds is 3. The number of aliphatic hydroxyl groups is 2. The first kappa shape index (κ1) is 11.5.